The first-order valence-corrected chi connectivity index (χ1v) is 7.02. The molecule has 98 valence electrons. The maximum absolute atomic E-state index is 4.20. The van der Waals surface area contributed by atoms with Crippen molar-refractivity contribution in [3.63, 3.8) is 0 Å². The van der Waals surface area contributed by atoms with E-state index in [0.717, 1.165) is 30.5 Å². The summed E-state index contributed by atoms with van der Waals surface area (Å²) in [6.07, 6.45) is 8.09. The van der Waals surface area contributed by atoms with Gasteiger partial charge in [0, 0.05) is 12.7 Å². The number of aryl methyl sites for hydroxylation is 2. The van der Waals surface area contributed by atoms with E-state index in [1.807, 2.05) is 4.68 Å². The van der Waals surface area contributed by atoms with Crippen LogP contribution in [-0.4, -0.2) is 15.0 Å². The highest BCUT2D eigenvalue weighted by molar-refractivity contribution is 4.91. The molecular weight excluding hydrogens is 210 g/mol. The van der Waals surface area contributed by atoms with Gasteiger partial charge in [-0.1, -0.05) is 39.3 Å². The number of unbranched alkanes of at least 4 members (excludes halogenated alkanes) is 1. The highest BCUT2D eigenvalue weighted by atomic mass is 15.4. The predicted octanol–water partition coefficient (Wildman–Crippen LogP) is 3.69. The Kier molecular flexibility index (Phi) is 6.23. The van der Waals surface area contributed by atoms with Crippen LogP contribution in [0.2, 0.25) is 0 Å². The molecule has 0 aliphatic rings. The summed E-state index contributed by atoms with van der Waals surface area (Å²) in [7, 11) is 0. The monoisotopic (exact) mass is 237 g/mol. The van der Waals surface area contributed by atoms with E-state index >= 15 is 0 Å². The Morgan fingerprint density at radius 3 is 2.65 bits per heavy atom. The Bertz CT molecular complexity index is 304. The molecule has 1 unspecified atom stereocenters. The van der Waals surface area contributed by atoms with Gasteiger partial charge in [0.25, 0.3) is 0 Å². The normalized spacial score (nSPS) is 13.2. The van der Waals surface area contributed by atoms with Crippen molar-refractivity contribution < 1.29 is 0 Å². The summed E-state index contributed by atoms with van der Waals surface area (Å²) in [6, 6.07) is 0. The minimum atomic E-state index is 0.783. The Hall–Kier alpha value is -0.860. The molecule has 0 fully saturated rings. The van der Waals surface area contributed by atoms with E-state index in [2.05, 4.69) is 44.2 Å². The molecule has 1 rings (SSSR count). The van der Waals surface area contributed by atoms with Crippen molar-refractivity contribution in [3.8, 4) is 0 Å². The molecule has 0 bridgehead atoms. The van der Waals surface area contributed by atoms with Crippen molar-refractivity contribution >= 4 is 0 Å². The zero-order valence-electron chi connectivity index (χ0n) is 11.8. The molecule has 0 saturated heterocycles. The third-order valence-electron chi connectivity index (χ3n) is 3.56. The van der Waals surface area contributed by atoms with Gasteiger partial charge in [0.05, 0.1) is 5.69 Å². The third kappa shape index (κ3) is 5.33. The lowest BCUT2D eigenvalue weighted by Gasteiger charge is -2.14. The van der Waals surface area contributed by atoms with E-state index in [1.165, 1.54) is 25.7 Å². The van der Waals surface area contributed by atoms with Crippen LogP contribution in [-0.2, 0) is 13.0 Å². The minimum Gasteiger partial charge on any atom is -0.252 e. The van der Waals surface area contributed by atoms with Gasteiger partial charge in [-0.15, -0.1) is 5.10 Å². The van der Waals surface area contributed by atoms with E-state index in [0.29, 0.717) is 0 Å². The van der Waals surface area contributed by atoms with Crippen LogP contribution in [0, 0.1) is 11.8 Å². The molecule has 1 heterocycles. The van der Waals surface area contributed by atoms with Crippen molar-refractivity contribution in [2.75, 3.05) is 0 Å². The second-order valence-electron chi connectivity index (χ2n) is 5.44. The largest absolute Gasteiger partial charge is 0.252 e. The molecule has 0 aliphatic heterocycles. The van der Waals surface area contributed by atoms with Gasteiger partial charge in [0.15, 0.2) is 0 Å². The summed E-state index contributed by atoms with van der Waals surface area (Å²) in [4.78, 5) is 0. The quantitative estimate of drug-likeness (QED) is 0.690. The SMILES string of the molecule is CCCCc1cn(CCCC(C)C(C)C)nn1. The highest BCUT2D eigenvalue weighted by Crippen LogP contribution is 2.16. The molecule has 0 radical (unpaired) electrons. The molecule has 0 aromatic carbocycles. The predicted molar refractivity (Wildman–Crippen MR) is 71.9 cm³/mol. The fraction of sp³-hybridized carbons (Fsp3) is 0.857. The number of rotatable bonds is 8. The molecule has 1 atom stereocenters. The standard InChI is InChI=1S/C14H27N3/c1-5-6-9-14-11-17(16-15-14)10-7-8-13(4)12(2)3/h11-13H,5-10H2,1-4H3. The summed E-state index contributed by atoms with van der Waals surface area (Å²) >= 11 is 0. The van der Waals surface area contributed by atoms with Gasteiger partial charge in [-0.2, -0.15) is 0 Å². The third-order valence-corrected chi connectivity index (χ3v) is 3.56. The van der Waals surface area contributed by atoms with Crippen molar-refractivity contribution in [2.24, 2.45) is 11.8 Å². The zero-order chi connectivity index (χ0) is 12.7. The van der Waals surface area contributed by atoms with Crippen LogP contribution in [0.25, 0.3) is 0 Å². The summed E-state index contributed by atoms with van der Waals surface area (Å²) in [5.74, 6) is 1.59. The average Bonchev–Trinajstić information content (AvgIpc) is 2.74. The molecule has 0 aliphatic carbocycles. The van der Waals surface area contributed by atoms with E-state index < -0.39 is 0 Å². The smallest absolute Gasteiger partial charge is 0.0827 e. The molecular formula is C14H27N3. The highest BCUT2D eigenvalue weighted by Gasteiger charge is 2.07. The molecule has 1 aromatic rings. The molecule has 3 nitrogen and oxygen atoms in total. The molecule has 0 amide bonds. The van der Waals surface area contributed by atoms with Crippen LogP contribution in [0.5, 0.6) is 0 Å². The summed E-state index contributed by atoms with van der Waals surface area (Å²) in [5.41, 5.74) is 1.14. The fourth-order valence-corrected chi connectivity index (χ4v) is 1.83. The second kappa shape index (κ2) is 7.46. The number of nitrogens with zero attached hydrogens (tertiary/aromatic N) is 3. The minimum absolute atomic E-state index is 0.783. The van der Waals surface area contributed by atoms with Crippen molar-refractivity contribution in [2.45, 2.75) is 66.3 Å². The van der Waals surface area contributed by atoms with Crippen LogP contribution in [0.3, 0.4) is 0 Å². The molecule has 1 aromatic heterocycles. The first-order valence-electron chi connectivity index (χ1n) is 7.02. The van der Waals surface area contributed by atoms with E-state index in [1.54, 1.807) is 0 Å². The Morgan fingerprint density at radius 2 is 2.00 bits per heavy atom. The van der Waals surface area contributed by atoms with Crippen LogP contribution in [0.4, 0.5) is 0 Å². The van der Waals surface area contributed by atoms with Crippen LogP contribution in [0.15, 0.2) is 6.20 Å². The summed E-state index contributed by atoms with van der Waals surface area (Å²) < 4.78 is 2.00. The lowest BCUT2D eigenvalue weighted by atomic mass is 9.93. The zero-order valence-corrected chi connectivity index (χ0v) is 11.8. The summed E-state index contributed by atoms with van der Waals surface area (Å²) in [5, 5.41) is 8.38. The van der Waals surface area contributed by atoms with Gasteiger partial charge in [0.2, 0.25) is 0 Å². The summed E-state index contributed by atoms with van der Waals surface area (Å²) in [6.45, 7) is 10.1. The molecule has 17 heavy (non-hydrogen) atoms. The molecule has 0 N–H and O–H groups in total. The van der Waals surface area contributed by atoms with Gasteiger partial charge in [-0.3, -0.25) is 4.68 Å². The van der Waals surface area contributed by atoms with E-state index in [-0.39, 0.29) is 0 Å². The fourth-order valence-electron chi connectivity index (χ4n) is 1.83. The van der Waals surface area contributed by atoms with Gasteiger partial charge in [-0.05, 0) is 37.5 Å². The number of hydrogen-bond acceptors (Lipinski definition) is 2. The van der Waals surface area contributed by atoms with Gasteiger partial charge in [-0.25, -0.2) is 0 Å². The first kappa shape index (κ1) is 14.2. The van der Waals surface area contributed by atoms with Gasteiger partial charge >= 0.3 is 0 Å². The Morgan fingerprint density at radius 1 is 1.24 bits per heavy atom. The number of hydrogen-bond donors (Lipinski definition) is 0. The van der Waals surface area contributed by atoms with Crippen LogP contribution < -0.4 is 0 Å². The Balaban J connectivity index is 2.25. The maximum Gasteiger partial charge on any atom is 0.0827 e. The lowest BCUT2D eigenvalue weighted by Crippen LogP contribution is -2.06. The van der Waals surface area contributed by atoms with Crippen LogP contribution >= 0.6 is 0 Å². The van der Waals surface area contributed by atoms with Gasteiger partial charge in [0.1, 0.15) is 0 Å². The van der Waals surface area contributed by atoms with Gasteiger partial charge < -0.3 is 0 Å². The topological polar surface area (TPSA) is 30.7 Å². The molecule has 3 heteroatoms. The molecule has 0 spiro atoms. The van der Waals surface area contributed by atoms with Crippen LogP contribution in [0.1, 0.15) is 59.1 Å². The molecule has 0 saturated carbocycles. The van der Waals surface area contributed by atoms with Crippen molar-refractivity contribution in [3.05, 3.63) is 11.9 Å². The average molecular weight is 237 g/mol. The number of aromatic nitrogens is 3. The van der Waals surface area contributed by atoms with Crippen molar-refractivity contribution in [1.29, 1.82) is 0 Å². The van der Waals surface area contributed by atoms with E-state index in [4.69, 9.17) is 0 Å². The maximum atomic E-state index is 4.20. The Labute approximate surface area is 106 Å². The first-order chi connectivity index (χ1) is 8.13. The lowest BCUT2D eigenvalue weighted by molar-refractivity contribution is 0.366. The van der Waals surface area contributed by atoms with Crippen molar-refractivity contribution in [1.82, 2.24) is 15.0 Å². The second-order valence-corrected chi connectivity index (χ2v) is 5.44. The van der Waals surface area contributed by atoms with E-state index in [9.17, 15) is 0 Å².